The SMILES string of the molecule is Br.COc1cccc([C@@]23CCC[C@H]2CN(CCc2ccccc2)CCC3)c1. The highest BCUT2D eigenvalue weighted by Gasteiger charge is 2.45. The molecule has 27 heavy (non-hydrogen) atoms. The first-order valence-corrected chi connectivity index (χ1v) is 10.2. The topological polar surface area (TPSA) is 12.5 Å². The largest absolute Gasteiger partial charge is 0.497 e. The van der Waals surface area contributed by atoms with Gasteiger partial charge < -0.3 is 9.64 Å². The highest BCUT2D eigenvalue weighted by molar-refractivity contribution is 8.93. The number of ether oxygens (including phenoxy) is 1. The fourth-order valence-electron chi connectivity index (χ4n) is 5.35. The zero-order chi connectivity index (χ0) is 17.8. The van der Waals surface area contributed by atoms with E-state index in [0.717, 1.165) is 11.7 Å². The number of likely N-dealkylation sites (tertiary alicyclic amines) is 1. The van der Waals surface area contributed by atoms with Gasteiger partial charge >= 0.3 is 0 Å². The molecule has 1 heterocycles. The molecule has 2 aromatic carbocycles. The monoisotopic (exact) mass is 429 g/mol. The Kier molecular flexibility index (Phi) is 6.99. The van der Waals surface area contributed by atoms with Gasteiger partial charge in [0.25, 0.3) is 0 Å². The maximum Gasteiger partial charge on any atom is 0.119 e. The predicted molar refractivity (Wildman–Crippen MR) is 118 cm³/mol. The number of nitrogens with zero attached hydrogens (tertiary/aromatic N) is 1. The normalized spacial score (nSPS) is 25.3. The quantitative estimate of drug-likeness (QED) is 0.608. The summed E-state index contributed by atoms with van der Waals surface area (Å²) in [5, 5.41) is 0. The van der Waals surface area contributed by atoms with Crippen LogP contribution in [0.5, 0.6) is 5.75 Å². The fraction of sp³-hybridized carbons (Fsp3) is 0.500. The molecule has 0 amide bonds. The lowest BCUT2D eigenvalue weighted by molar-refractivity contribution is 0.223. The summed E-state index contributed by atoms with van der Waals surface area (Å²) in [4.78, 5) is 2.73. The van der Waals surface area contributed by atoms with Crippen LogP contribution in [0.3, 0.4) is 0 Å². The molecule has 2 fully saturated rings. The molecule has 4 rings (SSSR count). The Balaban J connectivity index is 0.00000210. The van der Waals surface area contributed by atoms with Crippen LogP contribution in [-0.4, -0.2) is 31.6 Å². The number of hydrogen-bond donors (Lipinski definition) is 0. The molecule has 1 aliphatic heterocycles. The van der Waals surface area contributed by atoms with Crippen LogP contribution in [0.25, 0.3) is 0 Å². The van der Waals surface area contributed by atoms with Gasteiger partial charge in [-0.1, -0.05) is 48.9 Å². The van der Waals surface area contributed by atoms with Gasteiger partial charge in [0.05, 0.1) is 7.11 Å². The van der Waals surface area contributed by atoms with E-state index >= 15 is 0 Å². The lowest BCUT2D eigenvalue weighted by Crippen LogP contribution is -2.36. The van der Waals surface area contributed by atoms with Gasteiger partial charge in [0, 0.05) is 13.1 Å². The van der Waals surface area contributed by atoms with Crippen LogP contribution in [-0.2, 0) is 11.8 Å². The number of halogens is 1. The van der Waals surface area contributed by atoms with E-state index in [4.69, 9.17) is 4.74 Å². The first-order valence-electron chi connectivity index (χ1n) is 10.2. The standard InChI is InChI=1S/C24H31NO.BrH/c1-26-23-12-5-10-21(18-23)24-14-6-11-22(24)19-25(16-7-15-24)17-13-20-8-3-2-4-9-20;/h2-5,8-10,12,18,22H,6-7,11,13-17,19H2,1H3;1H/t22-,24-;/m0./s1. The van der Waals surface area contributed by atoms with Crippen molar-refractivity contribution in [2.45, 2.75) is 43.9 Å². The molecule has 0 aromatic heterocycles. The molecular formula is C24H32BrNO. The molecule has 2 aliphatic rings. The van der Waals surface area contributed by atoms with E-state index in [1.54, 1.807) is 7.11 Å². The van der Waals surface area contributed by atoms with Crippen LogP contribution in [0.15, 0.2) is 54.6 Å². The zero-order valence-corrected chi connectivity index (χ0v) is 18.1. The Bertz CT molecular complexity index is 719. The van der Waals surface area contributed by atoms with Gasteiger partial charge in [-0.05, 0) is 73.2 Å². The van der Waals surface area contributed by atoms with Crippen molar-refractivity contribution in [3.05, 3.63) is 65.7 Å². The molecule has 1 aliphatic carbocycles. The first kappa shape index (κ1) is 20.4. The fourth-order valence-corrected chi connectivity index (χ4v) is 5.35. The van der Waals surface area contributed by atoms with Crippen LogP contribution in [0, 0.1) is 5.92 Å². The van der Waals surface area contributed by atoms with Gasteiger partial charge in [-0.3, -0.25) is 0 Å². The Labute approximate surface area is 174 Å². The number of benzene rings is 2. The van der Waals surface area contributed by atoms with Gasteiger partial charge in [-0.2, -0.15) is 0 Å². The maximum absolute atomic E-state index is 5.52. The van der Waals surface area contributed by atoms with Gasteiger partial charge in [-0.15, -0.1) is 17.0 Å². The lowest BCUT2D eigenvalue weighted by atomic mass is 9.69. The van der Waals surface area contributed by atoms with Crippen LogP contribution in [0.4, 0.5) is 0 Å². The van der Waals surface area contributed by atoms with E-state index in [9.17, 15) is 0 Å². The van der Waals surface area contributed by atoms with E-state index < -0.39 is 0 Å². The molecule has 2 atom stereocenters. The van der Waals surface area contributed by atoms with Crippen LogP contribution >= 0.6 is 17.0 Å². The minimum atomic E-state index is 0. The van der Waals surface area contributed by atoms with Crippen LogP contribution < -0.4 is 4.74 Å². The van der Waals surface area contributed by atoms with Crippen molar-refractivity contribution in [2.24, 2.45) is 5.92 Å². The van der Waals surface area contributed by atoms with Gasteiger partial charge in [-0.25, -0.2) is 0 Å². The molecular weight excluding hydrogens is 398 g/mol. The number of fused-ring (bicyclic) bond motifs is 1. The van der Waals surface area contributed by atoms with Gasteiger partial charge in [0.15, 0.2) is 0 Å². The summed E-state index contributed by atoms with van der Waals surface area (Å²) in [5.41, 5.74) is 3.35. The Morgan fingerprint density at radius 3 is 2.67 bits per heavy atom. The number of hydrogen-bond acceptors (Lipinski definition) is 2. The van der Waals surface area contributed by atoms with Crippen molar-refractivity contribution in [3.63, 3.8) is 0 Å². The molecule has 146 valence electrons. The third-order valence-electron chi connectivity index (χ3n) is 6.74. The molecule has 3 heteroatoms. The van der Waals surface area contributed by atoms with Gasteiger partial charge in [0.2, 0.25) is 0 Å². The average Bonchev–Trinajstić information content (AvgIpc) is 3.01. The molecule has 1 saturated heterocycles. The van der Waals surface area contributed by atoms with E-state index in [0.29, 0.717) is 5.41 Å². The summed E-state index contributed by atoms with van der Waals surface area (Å²) in [6.45, 7) is 3.69. The third-order valence-corrected chi connectivity index (χ3v) is 6.74. The summed E-state index contributed by atoms with van der Waals surface area (Å²) >= 11 is 0. The van der Waals surface area contributed by atoms with Gasteiger partial charge in [0.1, 0.15) is 5.75 Å². The van der Waals surface area contributed by atoms with Crippen molar-refractivity contribution in [2.75, 3.05) is 26.7 Å². The predicted octanol–water partition coefficient (Wildman–Crippen LogP) is 5.65. The Morgan fingerprint density at radius 1 is 1.04 bits per heavy atom. The zero-order valence-electron chi connectivity index (χ0n) is 16.4. The van der Waals surface area contributed by atoms with E-state index in [1.807, 2.05) is 0 Å². The molecule has 0 radical (unpaired) electrons. The van der Waals surface area contributed by atoms with Crippen LogP contribution in [0.2, 0.25) is 0 Å². The van der Waals surface area contributed by atoms with E-state index in [1.165, 1.54) is 69.3 Å². The maximum atomic E-state index is 5.52. The molecule has 1 saturated carbocycles. The molecule has 0 bridgehead atoms. The molecule has 2 aromatic rings. The summed E-state index contributed by atoms with van der Waals surface area (Å²) in [5.74, 6) is 1.79. The van der Waals surface area contributed by atoms with Crippen molar-refractivity contribution >= 4 is 17.0 Å². The number of methoxy groups -OCH3 is 1. The number of rotatable bonds is 5. The van der Waals surface area contributed by atoms with E-state index in [2.05, 4.69) is 59.5 Å². The van der Waals surface area contributed by atoms with E-state index in [-0.39, 0.29) is 17.0 Å². The third kappa shape index (κ3) is 4.41. The highest BCUT2D eigenvalue weighted by atomic mass is 79.9. The second-order valence-corrected chi connectivity index (χ2v) is 8.12. The molecule has 2 nitrogen and oxygen atoms in total. The van der Waals surface area contributed by atoms with Crippen molar-refractivity contribution < 1.29 is 4.74 Å². The average molecular weight is 430 g/mol. The minimum Gasteiger partial charge on any atom is -0.497 e. The molecule has 0 unspecified atom stereocenters. The minimum absolute atomic E-state index is 0. The second-order valence-electron chi connectivity index (χ2n) is 8.12. The molecule has 0 N–H and O–H groups in total. The molecule has 0 spiro atoms. The Hall–Kier alpha value is -1.32. The van der Waals surface area contributed by atoms with Crippen molar-refractivity contribution in [1.82, 2.24) is 4.90 Å². The lowest BCUT2D eigenvalue weighted by Gasteiger charge is -2.36. The summed E-state index contributed by atoms with van der Waals surface area (Å²) in [7, 11) is 1.78. The first-order chi connectivity index (χ1) is 12.8. The highest BCUT2D eigenvalue weighted by Crippen LogP contribution is 2.50. The van der Waals surface area contributed by atoms with Crippen molar-refractivity contribution in [1.29, 1.82) is 0 Å². The van der Waals surface area contributed by atoms with Crippen LogP contribution in [0.1, 0.15) is 43.2 Å². The van der Waals surface area contributed by atoms with Crippen molar-refractivity contribution in [3.8, 4) is 5.75 Å². The summed E-state index contributed by atoms with van der Waals surface area (Å²) < 4.78 is 5.52. The summed E-state index contributed by atoms with van der Waals surface area (Å²) in [6, 6.07) is 19.8. The Morgan fingerprint density at radius 2 is 1.85 bits per heavy atom. The second kappa shape index (κ2) is 9.25. The summed E-state index contributed by atoms with van der Waals surface area (Å²) in [6.07, 6.45) is 7.89. The smallest absolute Gasteiger partial charge is 0.119 e.